The van der Waals surface area contributed by atoms with E-state index in [2.05, 4.69) is 20.4 Å². The maximum absolute atomic E-state index is 14.4. The SMILES string of the molecule is O=C(O)CSc1nn(CC(=O)Cc2ccc3ncnc(Nc4cc(Cl)c(Cl)cc4F)c3c2)c(=S)s1. The van der Waals surface area contributed by atoms with Gasteiger partial charge in [0.05, 0.1) is 27.0 Å². The fourth-order valence-corrected chi connectivity index (χ4v) is 5.45. The van der Waals surface area contributed by atoms with Gasteiger partial charge in [-0.15, -0.1) is 0 Å². The quantitative estimate of drug-likeness (QED) is 0.147. The molecule has 0 unspecified atom stereocenters. The molecule has 2 N–H and O–H groups in total. The number of carbonyl (C=O) groups excluding carboxylic acids is 1. The highest BCUT2D eigenvalue weighted by Crippen LogP contribution is 2.31. The first kappa shape index (κ1) is 25.5. The fourth-order valence-electron chi connectivity index (χ4n) is 3.08. The molecule has 2 heterocycles. The molecular weight excluding hydrogens is 556 g/mol. The number of nitrogens with zero attached hydrogens (tertiary/aromatic N) is 4. The zero-order valence-electron chi connectivity index (χ0n) is 17.5. The van der Waals surface area contributed by atoms with Gasteiger partial charge in [-0.2, -0.15) is 5.10 Å². The van der Waals surface area contributed by atoms with E-state index in [1.54, 1.807) is 18.2 Å². The van der Waals surface area contributed by atoms with Crippen LogP contribution in [0.3, 0.4) is 0 Å². The highest BCUT2D eigenvalue weighted by atomic mass is 35.5. The van der Waals surface area contributed by atoms with Gasteiger partial charge in [-0.25, -0.2) is 19.0 Å². The first-order valence-electron chi connectivity index (χ1n) is 9.79. The summed E-state index contributed by atoms with van der Waals surface area (Å²) in [6.45, 7) is -0.0497. The van der Waals surface area contributed by atoms with E-state index in [1.807, 2.05) is 0 Å². The number of thioether (sulfide) groups is 1. The van der Waals surface area contributed by atoms with Gasteiger partial charge in [-0.05, 0) is 42.0 Å². The van der Waals surface area contributed by atoms with Crippen molar-refractivity contribution in [2.24, 2.45) is 0 Å². The lowest BCUT2D eigenvalue weighted by Gasteiger charge is -2.11. The normalized spacial score (nSPS) is 11.1. The molecule has 0 amide bonds. The molecule has 0 spiro atoms. The third kappa shape index (κ3) is 6.33. The van der Waals surface area contributed by atoms with Crippen LogP contribution in [0.25, 0.3) is 10.9 Å². The summed E-state index contributed by atoms with van der Waals surface area (Å²) in [6.07, 6.45) is 1.43. The van der Waals surface area contributed by atoms with Crippen molar-refractivity contribution in [2.45, 2.75) is 17.3 Å². The number of anilines is 2. The number of halogens is 3. The minimum Gasteiger partial charge on any atom is -0.481 e. The van der Waals surface area contributed by atoms with Crippen LogP contribution in [0.2, 0.25) is 10.0 Å². The van der Waals surface area contributed by atoms with Crippen LogP contribution >= 0.6 is 58.5 Å². The Hall–Kier alpha value is -2.64. The number of carbonyl (C=O) groups is 2. The number of nitrogens with one attached hydrogen (secondary N) is 1. The number of aliphatic carboxylic acids is 1. The summed E-state index contributed by atoms with van der Waals surface area (Å²) >= 11 is 19.3. The van der Waals surface area contributed by atoms with Crippen molar-refractivity contribution < 1.29 is 19.1 Å². The van der Waals surface area contributed by atoms with Crippen molar-refractivity contribution >= 4 is 92.7 Å². The van der Waals surface area contributed by atoms with E-state index >= 15 is 0 Å². The summed E-state index contributed by atoms with van der Waals surface area (Å²) in [5.74, 6) is -1.52. The van der Waals surface area contributed by atoms with Gasteiger partial charge < -0.3 is 10.4 Å². The summed E-state index contributed by atoms with van der Waals surface area (Å²) in [5.41, 5.74) is 1.38. The summed E-state index contributed by atoms with van der Waals surface area (Å²) in [6, 6.07) is 7.73. The molecular formula is C21H14Cl2FN5O3S3. The van der Waals surface area contributed by atoms with Gasteiger partial charge in [0.2, 0.25) is 0 Å². The van der Waals surface area contributed by atoms with Gasteiger partial charge in [0, 0.05) is 11.8 Å². The Morgan fingerprint density at radius 3 is 2.74 bits per heavy atom. The number of benzene rings is 2. The van der Waals surface area contributed by atoms with E-state index in [-0.39, 0.29) is 40.2 Å². The molecule has 0 saturated carbocycles. The lowest BCUT2D eigenvalue weighted by atomic mass is 10.1. The van der Waals surface area contributed by atoms with Crippen LogP contribution in [0.15, 0.2) is 41.0 Å². The maximum atomic E-state index is 14.4. The van der Waals surface area contributed by atoms with E-state index in [1.165, 1.54) is 17.1 Å². The van der Waals surface area contributed by atoms with E-state index in [4.69, 9.17) is 40.5 Å². The van der Waals surface area contributed by atoms with Crippen LogP contribution in [0.4, 0.5) is 15.9 Å². The number of carboxylic acids is 1. The summed E-state index contributed by atoms with van der Waals surface area (Å²) in [4.78, 5) is 31.9. The second-order valence-corrected chi connectivity index (χ2v) is 10.8. The van der Waals surface area contributed by atoms with Gasteiger partial charge >= 0.3 is 5.97 Å². The Morgan fingerprint density at radius 1 is 1.20 bits per heavy atom. The third-order valence-corrected chi connectivity index (χ3v) is 7.75. The highest BCUT2D eigenvalue weighted by Gasteiger charge is 2.14. The van der Waals surface area contributed by atoms with Crippen LogP contribution in [0, 0.1) is 9.77 Å². The Kier molecular flexibility index (Phi) is 7.97. The zero-order valence-corrected chi connectivity index (χ0v) is 21.5. The van der Waals surface area contributed by atoms with E-state index in [0.717, 1.165) is 29.2 Å². The lowest BCUT2D eigenvalue weighted by molar-refractivity contribution is -0.134. The first-order valence-corrected chi connectivity index (χ1v) is 12.8. The van der Waals surface area contributed by atoms with Gasteiger partial charge in [-0.1, -0.05) is 52.4 Å². The average molecular weight is 570 g/mol. The number of rotatable bonds is 9. The highest BCUT2D eigenvalue weighted by molar-refractivity contribution is 8.01. The molecule has 0 fully saturated rings. The van der Waals surface area contributed by atoms with Crippen LogP contribution in [0.1, 0.15) is 5.56 Å². The van der Waals surface area contributed by atoms with Crippen LogP contribution in [-0.4, -0.2) is 42.4 Å². The number of aromatic nitrogens is 4. The zero-order chi connectivity index (χ0) is 25.1. The van der Waals surface area contributed by atoms with E-state index in [9.17, 15) is 14.0 Å². The van der Waals surface area contributed by atoms with E-state index < -0.39 is 11.8 Å². The molecule has 0 saturated heterocycles. The van der Waals surface area contributed by atoms with Crippen molar-refractivity contribution in [3.05, 3.63) is 62.0 Å². The molecule has 8 nitrogen and oxygen atoms in total. The monoisotopic (exact) mass is 569 g/mol. The van der Waals surface area contributed by atoms with Gasteiger partial charge in [0.15, 0.2) is 14.1 Å². The molecule has 4 aromatic rings. The molecule has 0 aliphatic heterocycles. The van der Waals surface area contributed by atoms with E-state index in [0.29, 0.717) is 30.6 Å². The predicted octanol–water partition coefficient (Wildman–Crippen LogP) is 5.80. The number of ketones is 1. The average Bonchev–Trinajstić information content (AvgIpc) is 3.15. The predicted molar refractivity (Wildman–Crippen MR) is 137 cm³/mol. The van der Waals surface area contributed by atoms with Crippen LogP contribution in [-0.2, 0) is 22.6 Å². The molecule has 0 radical (unpaired) electrons. The first-order chi connectivity index (χ1) is 16.7. The Bertz CT molecular complexity index is 1510. The molecule has 2 aromatic heterocycles. The van der Waals surface area contributed by atoms with Crippen molar-refractivity contribution in [2.75, 3.05) is 11.1 Å². The molecule has 180 valence electrons. The molecule has 2 aromatic carbocycles. The molecule has 35 heavy (non-hydrogen) atoms. The minimum atomic E-state index is -0.963. The van der Waals surface area contributed by atoms with Crippen LogP contribution in [0.5, 0.6) is 0 Å². The largest absolute Gasteiger partial charge is 0.481 e. The number of Topliss-reactive ketones (excluding diaryl/α,β-unsaturated/α-hetero) is 1. The van der Waals surface area contributed by atoms with Crippen molar-refractivity contribution in [3.63, 3.8) is 0 Å². The molecule has 4 rings (SSSR count). The Balaban J connectivity index is 1.53. The number of carboxylic acid groups (broad SMARTS) is 1. The summed E-state index contributed by atoms with van der Waals surface area (Å²) in [5, 5.41) is 16.8. The van der Waals surface area contributed by atoms with Crippen molar-refractivity contribution in [1.82, 2.24) is 19.7 Å². The third-order valence-electron chi connectivity index (χ3n) is 4.60. The van der Waals surface area contributed by atoms with Crippen molar-refractivity contribution in [3.8, 4) is 0 Å². The minimum absolute atomic E-state index is 0.0497. The molecule has 14 heteroatoms. The number of hydrogen-bond acceptors (Lipinski definition) is 9. The summed E-state index contributed by atoms with van der Waals surface area (Å²) in [7, 11) is 0. The molecule has 0 atom stereocenters. The second kappa shape index (κ2) is 11.0. The lowest BCUT2D eigenvalue weighted by Crippen LogP contribution is -2.14. The van der Waals surface area contributed by atoms with Gasteiger partial charge in [0.1, 0.15) is 24.5 Å². The second-order valence-electron chi connectivity index (χ2n) is 7.13. The van der Waals surface area contributed by atoms with Gasteiger partial charge in [0.25, 0.3) is 0 Å². The maximum Gasteiger partial charge on any atom is 0.313 e. The number of hydrogen-bond donors (Lipinski definition) is 2. The topological polar surface area (TPSA) is 110 Å². The van der Waals surface area contributed by atoms with Crippen LogP contribution < -0.4 is 5.32 Å². The van der Waals surface area contributed by atoms with Gasteiger partial charge in [-0.3, -0.25) is 9.59 Å². The molecule has 0 aliphatic carbocycles. The fraction of sp³-hybridized carbons (Fsp3) is 0.143. The molecule has 0 bridgehead atoms. The molecule has 0 aliphatic rings. The number of fused-ring (bicyclic) bond motifs is 1. The standard InChI is InChI=1S/C21H14Cl2FN5O3S3/c22-13-5-15(24)17(6-14(13)23)27-19-12-4-10(1-2-16(12)25-9-26-19)3-11(30)7-29-21(33)35-20(28-29)34-8-18(31)32/h1-2,4-6,9H,3,7-8H2,(H,31,32)(H,25,26,27). The summed E-state index contributed by atoms with van der Waals surface area (Å²) < 4.78 is 16.6. The van der Waals surface area contributed by atoms with Crippen molar-refractivity contribution in [1.29, 1.82) is 0 Å². The smallest absolute Gasteiger partial charge is 0.313 e. The Labute approximate surface area is 221 Å². The Morgan fingerprint density at radius 2 is 1.97 bits per heavy atom.